The summed E-state index contributed by atoms with van der Waals surface area (Å²) in [5.74, 6) is 1.57. The van der Waals surface area contributed by atoms with E-state index in [0.717, 1.165) is 30.2 Å². The molecule has 0 aromatic carbocycles. The number of anilines is 1. The van der Waals surface area contributed by atoms with E-state index >= 15 is 0 Å². The first-order chi connectivity index (χ1) is 9.10. The summed E-state index contributed by atoms with van der Waals surface area (Å²) in [7, 11) is 1.89. The van der Waals surface area contributed by atoms with Crippen molar-refractivity contribution in [3.63, 3.8) is 0 Å². The van der Waals surface area contributed by atoms with E-state index in [2.05, 4.69) is 10.3 Å². The summed E-state index contributed by atoms with van der Waals surface area (Å²) in [6.07, 6.45) is 3.83. The van der Waals surface area contributed by atoms with E-state index in [1.165, 1.54) is 19.3 Å². The SMILES string of the molecule is CCNc1cc(C(=O)N(C)CC2CCC2)cc(C)n1. The van der Waals surface area contributed by atoms with Gasteiger partial charge in [-0.15, -0.1) is 0 Å². The smallest absolute Gasteiger partial charge is 0.253 e. The maximum Gasteiger partial charge on any atom is 0.253 e. The molecule has 1 amide bonds. The van der Waals surface area contributed by atoms with Crippen molar-refractivity contribution in [2.75, 3.05) is 25.5 Å². The molecule has 1 N–H and O–H groups in total. The molecule has 0 radical (unpaired) electrons. The molecule has 1 aliphatic rings. The summed E-state index contributed by atoms with van der Waals surface area (Å²) < 4.78 is 0. The van der Waals surface area contributed by atoms with Crippen LogP contribution in [-0.2, 0) is 0 Å². The zero-order valence-electron chi connectivity index (χ0n) is 12.1. The lowest BCUT2D eigenvalue weighted by Gasteiger charge is -2.30. The number of hydrogen-bond donors (Lipinski definition) is 1. The third-order valence-electron chi connectivity index (χ3n) is 3.66. The van der Waals surface area contributed by atoms with Crippen LogP contribution in [0.1, 0.15) is 42.2 Å². The lowest BCUT2D eigenvalue weighted by Crippen LogP contribution is -2.34. The standard InChI is InChI=1S/C15H23N3O/c1-4-16-14-9-13(8-11(2)17-14)15(19)18(3)10-12-6-5-7-12/h8-9,12H,4-7,10H2,1-3H3,(H,16,17). The highest BCUT2D eigenvalue weighted by Gasteiger charge is 2.22. The summed E-state index contributed by atoms with van der Waals surface area (Å²) in [5, 5.41) is 3.16. The van der Waals surface area contributed by atoms with Crippen molar-refractivity contribution in [3.05, 3.63) is 23.4 Å². The van der Waals surface area contributed by atoms with Crippen LogP contribution in [0, 0.1) is 12.8 Å². The molecule has 1 fully saturated rings. The fraction of sp³-hybridized carbons (Fsp3) is 0.600. The number of carbonyl (C=O) groups excluding carboxylic acids is 1. The Labute approximate surface area is 115 Å². The molecule has 104 valence electrons. The summed E-state index contributed by atoms with van der Waals surface area (Å²) in [4.78, 5) is 18.6. The van der Waals surface area contributed by atoms with Gasteiger partial charge >= 0.3 is 0 Å². The van der Waals surface area contributed by atoms with Gasteiger partial charge in [-0.3, -0.25) is 4.79 Å². The molecule has 1 aliphatic carbocycles. The van der Waals surface area contributed by atoms with E-state index in [-0.39, 0.29) is 5.91 Å². The van der Waals surface area contributed by atoms with Gasteiger partial charge in [0.25, 0.3) is 5.91 Å². The molecular weight excluding hydrogens is 238 g/mol. The molecule has 1 aromatic rings. The average Bonchev–Trinajstić information content (AvgIpc) is 2.32. The number of aromatic nitrogens is 1. The minimum absolute atomic E-state index is 0.0940. The Morgan fingerprint density at radius 2 is 2.21 bits per heavy atom. The number of carbonyl (C=O) groups is 1. The van der Waals surface area contributed by atoms with Gasteiger partial charge in [-0.25, -0.2) is 4.98 Å². The van der Waals surface area contributed by atoms with E-state index < -0.39 is 0 Å². The molecule has 0 atom stereocenters. The van der Waals surface area contributed by atoms with Gasteiger partial charge in [-0.05, 0) is 44.7 Å². The highest BCUT2D eigenvalue weighted by atomic mass is 16.2. The highest BCUT2D eigenvalue weighted by molar-refractivity contribution is 5.94. The maximum absolute atomic E-state index is 12.4. The summed E-state index contributed by atoms with van der Waals surface area (Å²) in [6.45, 7) is 5.62. The molecular formula is C15H23N3O. The van der Waals surface area contributed by atoms with Gasteiger partial charge in [-0.2, -0.15) is 0 Å². The number of hydrogen-bond acceptors (Lipinski definition) is 3. The van der Waals surface area contributed by atoms with E-state index in [1.54, 1.807) is 0 Å². The molecule has 19 heavy (non-hydrogen) atoms. The van der Waals surface area contributed by atoms with Crippen LogP contribution < -0.4 is 5.32 Å². The van der Waals surface area contributed by atoms with Gasteiger partial charge in [0.05, 0.1) is 0 Å². The van der Waals surface area contributed by atoms with Crippen molar-refractivity contribution in [2.45, 2.75) is 33.1 Å². The minimum Gasteiger partial charge on any atom is -0.370 e. The van der Waals surface area contributed by atoms with Crippen molar-refractivity contribution < 1.29 is 4.79 Å². The largest absolute Gasteiger partial charge is 0.370 e. The van der Waals surface area contributed by atoms with Crippen LogP contribution in [0.4, 0.5) is 5.82 Å². The highest BCUT2D eigenvalue weighted by Crippen LogP contribution is 2.27. The van der Waals surface area contributed by atoms with Crippen LogP contribution in [0.25, 0.3) is 0 Å². The Morgan fingerprint density at radius 3 is 2.79 bits per heavy atom. The van der Waals surface area contributed by atoms with Gasteiger partial charge in [0.15, 0.2) is 0 Å². The van der Waals surface area contributed by atoms with Crippen molar-refractivity contribution in [1.29, 1.82) is 0 Å². The van der Waals surface area contributed by atoms with Crippen LogP contribution in [0.5, 0.6) is 0 Å². The van der Waals surface area contributed by atoms with Crippen molar-refractivity contribution >= 4 is 11.7 Å². The van der Waals surface area contributed by atoms with E-state index in [9.17, 15) is 4.79 Å². The quantitative estimate of drug-likeness (QED) is 0.886. The van der Waals surface area contributed by atoms with Crippen LogP contribution in [0.2, 0.25) is 0 Å². The predicted molar refractivity (Wildman–Crippen MR) is 77.4 cm³/mol. The van der Waals surface area contributed by atoms with E-state index in [0.29, 0.717) is 5.92 Å². The van der Waals surface area contributed by atoms with Gasteiger partial charge in [-0.1, -0.05) is 6.42 Å². The van der Waals surface area contributed by atoms with Crippen molar-refractivity contribution in [3.8, 4) is 0 Å². The van der Waals surface area contributed by atoms with Crippen molar-refractivity contribution in [2.24, 2.45) is 5.92 Å². The minimum atomic E-state index is 0.0940. The Hall–Kier alpha value is -1.58. The summed E-state index contributed by atoms with van der Waals surface area (Å²) in [5.41, 5.74) is 1.60. The molecule has 0 saturated heterocycles. The normalized spacial score (nSPS) is 14.9. The molecule has 1 heterocycles. The lowest BCUT2D eigenvalue weighted by atomic mass is 9.85. The second-order valence-electron chi connectivity index (χ2n) is 5.40. The fourth-order valence-corrected chi connectivity index (χ4v) is 2.43. The van der Waals surface area contributed by atoms with Crippen LogP contribution >= 0.6 is 0 Å². The molecule has 1 aromatic heterocycles. The molecule has 0 unspecified atom stereocenters. The van der Waals surface area contributed by atoms with Gasteiger partial charge < -0.3 is 10.2 Å². The van der Waals surface area contributed by atoms with Gasteiger partial charge in [0.1, 0.15) is 5.82 Å². The summed E-state index contributed by atoms with van der Waals surface area (Å²) in [6, 6.07) is 3.70. The van der Waals surface area contributed by atoms with E-state index in [4.69, 9.17) is 0 Å². The number of rotatable bonds is 5. The Morgan fingerprint density at radius 1 is 1.47 bits per heavy atom. The molecule has 4 heteroatoms. The third-order valence-corrected chi connectivity index (χ3v) is 3.66. The van der Waals surface area contributed by atoms with Gasteiger partial charge in [0.2, 0.25) is 0 Å². The molecule has 0 spiro atoms. The van der Waals surface area contributed by atoms with E-state index in [1.807, 2.05) is 37.9 Å². The first kappa shape index (κ1) is 13.8. The van der Waals surface area contributed by atoms with Crippen LogP contribution in [-0.4, -0.2) is 35.9 Å². The predicted octanol–water partition coefficient (Wildman–Crippen LogP) is 2.69. The number of nitrogens with zero attached hydrogens (tertiary/aromatic N) is 2. The molecule has 4 nitrogen and oxygen atoms in total. The molecule has 0 aliphatic heterocycles. The third kappa shape index (κ3) is 3.46. The second kappa shape index (κ2) is 6.04. The van der Waals surface area contributed by atoms with Crippen LogP contribution in [0.15, 0.2) is 12.1 Å². The zero-order chi connectivity index (χ0) is 13.8. The number of pyridine rings is 1. The lowest BCUT2D eigenvalue weighted by molar-refractivity contribution is 0.0745. The number of amides is 1. The fourth-order valence-electron chi connectivity index (χ4n) is 2.43. The van der Waals surface area contributed by atoms with Crippen LogP contribution in [0.3, 0.4) is 0 Å². The molecule has 1 saturated carbocycles. The monoisotopic (exact) mass is 261 g/mol. The average molecular weight is 261 g/mol. The molecule has 0 bridgehead atoms. The van der Waals surface area contributed by atoms with Crippen molar-refractivity contribution in [1.82, 2.24) is 9.88 Å². The molecule has 2 rings (SSSR count). The summed E-state index contributed by atoms with van der Waals surface area (Å²) >= 11 is 0. The Bertz CT molecular complexity index is 455. The zero-order valence-corrected chi connectivity index (χ0v) is 12.1. The first-order valence-corrected chi connectivity index (χ1v) is 7.08. The maximum atomic E-state index is 12.4. The first-order valence-electron chi connectivity index (χ1n) is 7.08. The topological polar surface area (TPSA) is 45.2 Å². The van der Waals surface area contributed by atoms with Gasteiger partial charge in [0, 0.05) is 31.4 Å². The Kier molecular flexibility index (Phi) is 4.40. The Balaban J connectivity index is 2.08. The number of nitrogens with one attached hydrogen (secondary N) is 1. The number of aryl methyl sites for hydroxylation is 1. The second-order valence-corrected chi connectivity index (χ2v) is 5.40.